The number of nitriles is 1. The molecule has 0 unspecified atom stereocenters. The van der Waals surface area contributed by atoms with E-state index in [9.17, 15) is 5.26 Å². The van der Waals surface area contributed by atoms with Crippen LogP contribution in [-0.4, -0.2) is 19.2 Å². The van der Waals surface area contributed by atoms with Gasteiger partial charge in [0.1, 0.15) is 11.1 Å². The lowest BCUT2D eigenvalue weighted by atomic mass is 10.1. The third-order valence-electron chi connectivity index (χ3n) is 3.74. The summed E-state index contributed by atoms with van der Waals surface area (Å²) >= 11 is 4.98. The van der Waals surface area contributed by atoms with E-state index >= 15 is 0 Å². The van der Waals surface area contributed by atoms with Gasteiger partial charge in [-0.05, 0) is 39.7 Å². The van der Waals surface area contributed by atoms with Crippen LogP contribution in [-0.2, 0) is 0 Å². The minimum absolute atomic E-state index is 0.491. The first kappa shape index (κ1) is 18.2. The van der Waals surface area contributed by atoms with E-state index in [0.29, 0.717) is 22.1 Å². The molecule has 0 atom stereocenters. The van der Waals surface area contributed by atoms with Crippen molar-refractivity contribution in [3.63, 3.8) is 0 Å². The van der Waals surface area contributed by atoms with Gasteiger partial charge in [-0.3, -0.25) is 0 Å². The fourth-order valence-electron chi connectivity index (χ4n) is 2.45. The van der Waals surface area contributed by atoms with Gasteiger partial charge in [0.25, 0.3) is 0 Å². The van der Waals surface area contributed by atoms with E-state index in [-0.39, 0.29) is 0 Å². The maximum atomic E-state index is 9.62. The molecule has 0 N–H and O–H groups in total. The van der Waals surface area contributed by atoms with E-state index in [1.54, 1.807) is 20.3 Å². The SMILES string of the molecule is COc1ccc(/C=C(/C#N)c2nc(-c3ccccc3)cs2)c(Br)c1OC. The molecule has 0 aliphatic rings. The molecular formula is C20H15BrN2O2S. The lowest BCUT2D eigenvalue weighted by Crippen LogP contribution is -1.93. The van der Waals surface area contributed by atoms with Gasteiger partial charge in [-0.25, -0.2) is 4.98 Å². The molecule has 3 rings (SSSR count). The molecule has 0 bridgehead atoms. The number of ether oxygens (including phenoxy) is 2. The van der Waals surface area contributed by atoms with Gasteiger partial charge in [-0.15, -0.1) is 11.3 Å². The molecular weight excluding hydrogens is 412 g/mol. The van der Waals surface area contributed by atoms with Crippen LogP contribution in [0.3, 0.4) is 0 Å². The summed E-state index contributed by atoms with van der Waals surface area (Å²) in [6, 6.07) is 15.8. The molecule has 0 aliphatic heterocycles. The number of thiazole rings is 1. The van der Waals surface area contributed by atoms with Crippen LogP contribution in [0.1, 0.15) is 10.6 Å². The zero-order valence-electron chi connectivity index (χ0n) is 14.2. The van der Waals surface area contributed by atoms with Crippen molar-refractivity contribution in [2.45, 2.75) is 0 Å². The van der Waals surface area contributed by atoms with E-state index in [4.69, 9.17) is 9.47 Å². The standard InChI is InChI=1S/C20H15BrN2O2S/c1-24-17-9-8-14(18(21)19(17)25-2)10-15(11-22)20-23-16(12-26-20)13-6-4-3-5-7-13/h3-10,12H,1-2H3/b15-10-. The molecule has 130 valence electrons. The smallest absolute Gasteiger partial charge is 0.175 e. The predicted molar refractivity (Wildman–Crippen MR) is 108 cm³/mol. The van der Waals surface area contributed by atoms with Crippen LogP contribution in [0.25, 0.3) is 22.9 Å². The van der Waals surface area contributed by atoms with Gasteiger partial charge >= 0.3 is 0 Å². The van der Waals surface area contributed by atoms with Gasteiger partial charge in [-0.1, -0.05) is 30.3 Å². The van der Waals surface area contributed by atoms with Gasteiger partial charge in [0.2, 0.25) is 0 Å². The van der Waals surface area contributed by atoms with E-state index in [0.717, 1.165) is 21.3 Å². The molecule has 0 aliphatic carbocycles. The van der Waals surface area contributed by atoms with E-state index in [1.165, 1.54) is 11.3 Å². The van der Waals surface area contributed by atoms with E-state index < -0.39 is 0 Å². The summed E-state index contributed by atoms with van der Waals surface area (Å²) in [5, 5.41) is 12.2. The Bertz CT molecular complexity index is 991. The number of methoxy groups -OCH3 is 2. The summed E-state index contributed by atoms with van der Waals surface area (Å²) < 4.78 is 11.4. The molecule has 0 saturated heterocycles. The number of benzene rings is 2. The normalized spacial score (nSPS) is 11.1. The molecule has 0 amide bonds. The zero-order valence-corrected chi connectivity index (χ0v) is 16.6. The average Bonchev–Trinajstić information content (AvgIpc) is 3.17. The fraction of sp³-hybridized carbons (Fsp3) is 0.100. The van der Waals surface area contributed by atoms with Gasteiger partial charge in [-0.2, -0.15) is 5.26 Å². The third kappa shape index (κ3) is 3.64. The van der Waals surface area contributed by atoms with Crippen LogP contribution in [0.5, 0.6) is 11.5 Å². The second-order valence-corrected chi connectivity index (χ2v) is 6.93. The average molecular weight is 427 g/mol. The monoisotopic (exact) mass is 426 g/mol. The zero-order chi connectivity index (χ0) is 18.5. The Labute approximate surface area is 164 Å². The van der Waals surface area contributed by atoms with Crippen LogP contribution in [0, 0.1) is 11.3 Å². The second-order valence-electron chi connectivity index (χ2n) is 5.28. The Morgan fingerprint density at radius 1 is 1.15 bits per heavy atom. The molecule has 1 heterocycles. The minimum Gasteiger partial charge on any atom is -0.493 e. The van der Waals surface area contributed by atoms with E-state index in [1.807, 2.05) is 47.8 Å². The van der Waals surface area contributed by atoms with Crippen molar-refractivity contribution in [1.29, 1.82) is 5.26 Å². The van der Waals surface area contributed by atoms with Crippen molar-refractivity contribution in [2.75, 3.05) is 14.2 Å². The Morgan fingerprint density at radius 2 is 1.92 bits per heavy atom. The Morgan fingerprint density at radius 3 is 2.58 bits per heavy atom. The largest absolute Gasteiger partial charge is 0.493 e. The molecule has 0 spiro atoms. The van der Waals surface area contributed by atoms with Gasteiger partial charge in [0.05, 0.1) is 30.0 Å². The maximum absolute atomic E-state index is 9.62. The molecule has 2 aromatic carbocycles. The van der Waals surface area contributed by atoms with Gasteiger partial charge < -0.3 is 9.47 Å². The first-order valence-corrected chi connectivity index (χ1v) is 9.38. The predicted octanol–water partition coefficient (Wildman–Crippen LogP) is 5.65. The fourth-order valence-corrected chi connectivity index (χ4v) is 3.85. The highest BCUT2D eigenvalue weighted by molar-refractivity contribution is 9.10. The van der Waals surface area contributed by atoms with Gasteiger partial charge in [0.15, 0.2) is 11.5 Å². The number of aromatic nitrogens is 1. The molecule has 3 aromatic rings. The Balaban J connectivity index is 2.00. The van der Waals surface area contributed by atoms with Crippen molar-refractivity contribution in [3.05, 3.63) is 62.9 Å². The highest BCUT2D eigenvalue weighted by atomic mass is 79.9. The summed E-state index contributed by atoms with van der Waals surface area (Å²) in [6.07, 6.45) is 1.79. The van der Waals surface area contributed by atoms with Crippen molar-refractivity contribution < 1.29 is 9.47 Å². The second kappa shape index (κ2) is 8.17. The Kier molecular flexibility index (Phi) is 5.71. The van der Waals surface area contributed by atoms with Crippen LogP contribution in [0.4, 0.5) is 0 Å². The quantitative estimate of drug-likeness (QED) is 0.494. The topological polar surface area (TPSA) is 55.1 Å². The molecule has 0 radical (unpaired) electrons. The molecule has 1 aromatic heterocycles. The lowest BCUT2D eigenvalue weighted by molar-refractivity contribution is 0.353. The number of hydrogen-bond acceptors (Lipinski definition) is 5. The summed E-state index contributed by atoms with van der Waals surface area (Å²) in [5.41, 5.74) is 3.19. The molecule has 26 heavy (non-hydrogen) atoms. The number of halogens is 1. The first-order valence-electron chi connectivity index (χ1n) is 7.71. The van der Waals surface area contributed by atoms with Crippen molar-refractivity contribution in [1.82, 2.24) is 4.98 Å². The molecule has 4 nitrogen and oxygen atoms in total. The number of allylic oxidation sites excluding steroid dienone is 1. The summed E-state index contributed by atoms with van der Waals surface area (Å²) in [6.45, 7) is 0. The number of nitrogens with zero attached hydrogens (tertiary/aromatic N) is 2. The Hall–Kier alpha value is -2.62. The van der Waals surface area contributed by atoms with Gasteiger partial charge in [0, 0.05) is 10.9 Å². The number of rotatable bonds is 5. The number of hydrogen-bond donors (Lipinski definition) is 0. The lowest BCUT2D eigenvalue weighted by Gasteiger charge is -2.11. The van der Waals surface area contributed by atoms with E-state index in [2.05, 4.69) is 27.0 Å². The van der Waals surface area contributed by atoms with Crippen molar-refractivity contribution in [2.24, 2.45) is 0 Å². The van der Waals surface area contributed by atoms with Crippen LogP contribution in [0.2, 0.25) is 0 Å². The summed E-state index contributed by atoms with van der Waals surface area (Å²) in [4.78, 5) is 4.61. The third-order valence-corrected chi connectivity index (χ3v) is 5.43. The molecule has 0 saturated carbocycles. The summed E-state index contributed by atoms with van der Waals surface area (Å²) in [5.74, 6) is 1.21. The van der Waals surface area contributed by atoms with Crippen molar-refractivity contribution >= 4 is 38.9 Å². The highest BCUT2D eigenvalue weighted by Crippen LogP contribution is 2.39. The maximum Gasteiger partial charge on any atom is 0.175 e. The molecule has 0 fully saturated rings. The molecule has 6 heteroatoms. The van der Waals surface area contributed by atoms with Crippen LogP contribution in [0.15, 0.2) is 52.3 Å². The minimum atomic E-state index is 0.491. The summed E-state index contributed by atoms with van der Waals surface area (Å²) in [7, 11) is 3.16. The first-order chi connectivity index (χ1) is 12.7. The van der Waals surface area contributed by atoms with Crippen LogP contribution >= 0.6 is 27.3 Å². The van der Waals surface area contributed by atoms with Crippen LogP contribution < -0.4 is 9.47 Å². The van der Waals surface area contributed by atoms with Crippen molar-refractivity contribution in [3.8, 4) is 28.8 Å². The highest BCUT2D eigenvalue weighted by Gasteiger charge is 2.14.